The second-order valence-electron chi connectivity index (χ2n) is 23.2. The summed E-state index contributed by atoms with van der Waals surface area (Å²) in [6, 6.07) is 0. The van der Waals surface area contributed by atoms with Crippen molar-refractivity contribution < 1.29 is 32.6 Å². The van der Waals surface area contributed by atoms with E-state index in [0.717, 1.165) is 147 Å². The fourth-order valence-corrected chi connectivity index (χ4v) is 10.3. The van der Waals surface area contributed by atoms with Gasteiger partial charge >= 0.3 is 0 Å². The highest BCUT2D eigenvalue weighted by Crippen LogP contribution is 2.50. The molecule has 0 aromatic heterocycles. The van der Waals surface area contributed by atoms with Crippen LogP contribution in [0.15, 0.2) is 163 Å². The molecule has 0 spiro atoms. The van der Waals surface area contributed by atoms with E-state index in [0.29, 0.717) is 6.42 Å². The Morgan fingerprint density at radius 3 is 0.570 bits per heavy atom. The van der Waals surface area contributed by atoms with Gasteiger partial charge in [0, 0.05) is 0 Å². The Morgan fingerprint density at radius 2 is 0.418 bits per heavy atom. The summed E-state index contributed by atoms with van der Waals surface area (Å²) in [5, 5.41) is 0. The minimum atomic E-state index is -5.68. The van der Waals surface area contributed by atoms with E-state index < -0.39 is 22.3 Å². The third-order valence-corrected chi connectivity index (χ3v) is 16.4. The Bertz CT molecular complexity index is 2300. The van der Waals surface area contributed by atoms with Gasteiger partial charge < -0.3 is 23.8 Å². The van der Waals surface area contributed by atoms with Crippen molar-refractivity contribution in [1.29, 1.82) is 0 Å². The standard InChI is InChI=1S/C70H116O7P2/c1-57(2)29-16-30-58(3)31-17-32-59(4)33-18-34-60(5)35-19-36-61(6)37-20-38-62(7)39-21-40-63(8)41-22-42-64(9)43-23-44-65(10)45-24-46-66(11)47-25-48-67(12)49-26-50-68(13)51-27-52-69(14)53-28-54-70(15)55-56-76-79(74,75)77-78(71,72)73/h29,31,33,35,37,39,41,43,45,47,49,51,53,55H,16-28,30,32,34,36,38,40,42,44,46,48,50,52,54,56H2,1-15H3,(H,74,75)(H2,71,72,73)/p-3/b58-31+,59-33+,60-35-,61-37-,62-39-,63-41-,64-43-,65-45-,66-47-,67-49-,68-51-,69-53-,70-55-. The largest absolute Gasteiger partial charge is 0.790 e. The van der Waals surface area contributed by atoms with E-state index in [-0.39, 0.29) is 0 Å². The van der Waals surface area contributed by atoms with Crippen LogP contribution in [-0.4, -0.2) is 6.61 Å². The predicted octanol–water partition coefficient (Wildman–Crippen LogP) is 21.7. The molecule has 0 N–H and O–H groups in total. The van der Waals surface area contributed by atoms with Crippen molar-refractivity contribution in [2.45, 2.75) is 271 Å². The van der Waals surface area contributed by atoms with Crippen molar-refractivity contribution in [3.8, 4) is 0 Å². The minimum absolute atomic E-state index is 0.393. The molecule has 0 aliphatic carbocycles. The Balaban J connectivity index is 4.34. The van der Waals surface area contributed by atoms with Crippen LogP contribution in [0.3, 0.4) is 0 Å². The molecule has 0 bridgehead atoms. The van der Waals surface area contributed by atoms with Crippen LogP contribution in [0.5, 0.6) is 0 Å². The average molecular weight is 1130 g/mol. The first-order chi connectivity index (χ1) is 37.2. The van der Waals surface area contributed by atoms with Crippen molar-refractivity contribution in [3.05, 3.63) is 163 Å². The second-order valence-corrected chi connectivity index (χ2v) is 25.9. The van der Waals surface area contributed by atoms with Crippen LogP contribution in [0.25, 0.3) is 0 Å². The molecular formula is C70H113O7P2-3. The molecule has 1 unspecified atom stereocenters. The molecular weight excluding hydrogens is 1010 g/mol. The molecule has 0 radical (unpaired) electrons. The topological polar surface area (TPSA) is 122 Å². The van der Waals surface area contributed by atoms with Gasteiger partial charge in [-0.3, -0.25) is 8.88 Å². The summed E-state index contributed by atoms with van der Waals surface area (Å²) < 4.78 is 29.7. The first-order valence-electron chi connectivity index (χ1n) is 30.1. The van der Waals surface area contributed by atoms with E-state index in [1.807, 2.05) is 6.92 Å². The molecule has 1 atom stereocenters. The van der Waals surface area contributed by atoms with Gasteiger partial charge in [0.2, 0.25) is 0 Å². The first-order valence-corrected chi connectivity index (χ1v) is 33.0. The first kappa shape index (κ1) is 75.6. The second kappa shape index (κ2) is 46.1. The van der Waals surface area contributed by atoms with Crippen molar-refractivity contribution >= 4 is 15.6 Å². The van der Waals surface area contributed by atoms with Gasteiger partial charge in [0.1, 0.15) is 0 Å². The van der Waals surface area contributed by atoms with Crippen LogP contribution >= 0.6 is 15.6 Å². The molecule has 0 rings (SSSR count). The zero-order valence-electron chi connectivity index (χ0n) is 52.9. The monoisotopic (exact) mass is 1130 g/mol. The molecule has 9 heteroatoms. The van der Waals surface area contributed by atoms with E-state index in [9.17, 15) is 23.8 Å². The molecule has 0 aliphatic heterocycles. The lowest BCUT2D eigenvalue weighted by atomic mass is 10.0. The summed E-state index contributed by atoms with van der Waals surface area (Å²) in [6.45, 7) is 33.0. The van der Waals surface area contributed by atoms with E-state index in [4.69, 9.17) is 0 Å². The smallest absolute Gasteiger partial charge is 0.272 e. The molecule has 0 amide bonds. The maximum Gasteiger partial charge on any atom is 0.272 e. The van der Waals surface area contributed by atoms with Gasteiger partial charge in [-0.05, 0) is 271 Å². The van der Waals surface area contributed by atoms with Crippen LogP contribution in [0.1, 0.15) is 271 Å². The lowest BCUT2D eigenvalue weighted by Crippen LogP contribution is -2.19. The van der Waals surface area contributed by atoms with Gasteiger partial charge in [0.25, 0.3) is 7.82 Å². The normalized spacial score (nSPS) is 15.8. The quantitative estimate of drug-likeness (QED) is 0.0440. The number of phosphoric acid groups is 2. The van der Waals surface area contributed by atoms with E-state index >= 15 is 0 Å². The summed E-state index contributed by atoms with van der Waals surface area (Å²) in [7, 11) is -10.9. The number of hydrogen-bond donors (Lipinski definition) is 0. The number of rotatable bonds is 44. The predicted molar refractivity (Wildman–Crippen MR) is 341 cm³/mol. The fraction of sp³-hybridized carbons (Fsp3) is 0.600. The van der Waals surface area contributed by atoms with Crippen molar-refractivity contribution in [2.75, 3.05) is 6.61 Å². The van der Waals surface area contributed by atoms with Crippen LogP contribution in [-0.2, 0) is 18.0 Å². The van der Waals surface area contributed by atoms with E-state index in [1.165, 1.54) is 97.8 Å². The molecule has 0 heterocycles. The lowest BCUT2D eigenvalue weighted by molar-refractivity contribution is -0.339. The number of allylic oxidation sites excluding steroid dienone is 27. The minimum Gasteiger partial charge on any atom is -0.790 e. The molecule has 7 nitrogen and oxygen atoms in total. The third-order valence-electron chi connectivity index (χ3n) is 14.3. The Hall–Kier alpha value is -3.38. The third kappa shape index (κ3) is 51.3. The lowest BCUT2D eigenvalue weighted by Gasteiger charge is -2.34. The SMILES string of the molecule is CC(C)=CCC/C(C)=C/CC/C(C)=C/CC/C(C)=C\CC/C(C)=C\CC/C(C)=C\CC/C(C)=C\CC/C(C)=C\CC/C(C)=C\CC/C(C)=C\CC/C(C)=C\CC/C(C)=C\CC/C(C)=C\CC/C(C)=C\COP(=O)([O-])OP(=O)([O-])[O-]. The van der Waals surface area contributed by atoms with Gasteiger partial charge in [-0.25, -0.2) is 0 Å². The van der Waals surface area contributed by atoms with E-state index in [2.05, 4.69) is 185 Å². The van der Waals surface area contributed by atoms with Gasteiger partial charge in [0.05, 0.1) is 14.4 Å². The van der Waals surface area contributed by atoms with Crippen molar-refractivity contribution in [1.82, 2.24) is 0 Å². The Morgan fingerprint density at radius 1 is 0.266 bits per heavy atom. The highest BCUT2D eigenvalue weighted by atomic mass is 31.3. The molecule has 448 valence electrons. The highest BCUT2D eigenvalue weighted by Gasteiger charge is 2.11. The summed E-state index contributed by atoms with van der Waals surface area (Å²) in [5.41, 5.74) is 20.0. The maximum atomic E-state index is 11.4. The van der Waals surface area contributed by atoms with Gasteiger partial charge in [-0.1, -0.05) is 163 Å². The Labute approximate surface area is 486 Å². The molecule has 0 saturated heterocycles. The van der Waals surface area contributed by atoms with Gasteiger partial charge in [0.15, 0.2) is 0 Å². The molecule has 0 aromatic carbocycles. The Kier molecular flexibility index (Phi) is 44.2. The zero-order valence-corrected chi connectivity index (χ0v) is 54.7. The van der Waals surface area contributed by atoms with Crippen LogP contribution < -0.4 is 14.7 Å². The van der Waals surface area contributed by atoms with Crippen molar-refractivity contribution in [2.24, 2.45) is 0 Å². The molecule has 0 saturated carbocycles. The molecule has 0 fully saturated rings. The van der Waals surface area contributed by atoms with Gasteiger partial charge in [-0.2, -0.15) is 0 Å². The van der Waals surface area contributed by atoms with Crippen LogP contribution in [0.2, 0.25) is 0 Å². The molecule has 0 aromatic rings. The fourth-order valence-electron chi connectivity index (χ4n) is 8.89. The summed E-state index contributed by atoms with van der Waals surface area (Å²) in [5.74, 6) is 0. The number of phosphoric ester groups is 1. The summed E-state index contributed by atoms with van der Waals surface area (Å²) in [4.78, 5) is 32.4. The van der Waals surface area contributed by atoms with E-state index in [1.54, 1.807) is 0 Å². The summed E-state index contributed by atoms with van der Waals surface area (Å²) in [6.07, 6.45) is 61.2. The number of hydrogen-bond acceptors (Lipinski definition) is 7. The average Bonchev–Trinajstić information content (AvgIpc) is 3.33. The highest BCUT2D eigenvalue weighted by molar-refractivity contribution is 7.58. The molecule has 0 aliphatic rings. The van der Waals surface area contributed by atoms with Crippen LogP contribution in [0.4, 0.5) is 0 Å². The van der Waals surface area contributed by atoms with Gasteiger partial charge in [-0.15, -0.1) is 0 Å². The molecule has 79 heavy (non-hydrogen) atoms. The maximum absolute atomic E-state index is 11.4. The van der Waals surface area contributed by atoms with Crippen LogP contribution in [0, 0.1) is 0 Å². The van der Waals surface area contributed by atoms with Crippen molar-refractivity contribution in [3.63, 3.8) is 0 Å². The zero-order chi connectivity index (χ0) is 59.5. The summed E-state index contributed by atoms with van der Waals surface area (Å²) >= 11 is 0.